The van der Waals surface area contributed by atoms with Gasteiger partial charge in [-0.15, -0.1) is 0 Å². The van der Waals surface area contributed by atoms with Crippen molar-refractivity contribution in [2.75, 3.05) is 15.9 Å². The number of hydrogen-bond acceptors (Lipinski definition) is 3. The van der Waals surface area contributed by atoms with Gasteiger partial charge in [0.1, 0.15) is 11.9 Å². The summed E-state index contributed by atoms with van der Waals surface area (Å²) in [6.45, 7) is 3.62. The van der Waals surface area contributed by atoms with E-state index in [2.05, 4.69) is 12.2 Å². The molecule has 0 saturated carbocycles. The molecule has 1 N–H and O–H groups in total. The lowest BCUT2D eigenvalue weighted by Gasteiger charge is -2.28. The third-order valence-electron chi connectivity index (χ3n) is 4.21. The smallest absolute Gasteiger partial charge is 0.247 e. The minimum atomic E-state index is -3.73. The third-order valence-corrected chi connectivity index (χ3v) is 5.45. The van der Waals surface area contributed by atoms with Crippen molar-refractivity contribution in [3.8, 4) is 0 Å². The summed E-state index contributed by atoms with van der Waals surface area (Å²) in [5, 5.41) is 2.74. The largest absolute Gasteiger partial charge is 0.324 e. The first-order valence-electron chi connectivity index (χ1n) is 8.87. The topological polar surface area (TPSA) is 66.5 Å². The van der Waals surface area contributed by atoms with Gasteiger partial charge in [0.2, 0.25) is 15.9 Å². The maximum Gasteiger partial charge on any atom is 0.247 e. The molecule has 0 spiro atoms. The second-order valence-corrected chi connectivity index (χ2v) is 8.36. The number of carbonyl (C=O) groups is 1. The number of anilines is 2. The Morgan fingerprint density at radius 2 is 1.70 bits per heavy atom. The lowest BCUT2D eigenvalue weighted by atomic mass is 10.1. The van der Waals surface area contributed by atoms with Gasteiger partial charge in [0, 0.05) is 5.69 Å². The van der Waals surface area contributed by atoms with Gasteiger partial charge in [-0.3, -0.25) is 9.10 Å². The monoisotopic (exact) mass is 392 g/mol. The first-order chi connectivity index (χ1) is 12.7. The fourth-order valence-electron chi connectivity index (χ4n) is 2.78. The van der Waals surface area contributed by atoms with Crippen LogP contribution in [0.15, 0.2) is 48.5 Å². The highest BCUT2D eigenvalue weighted by Crippen LogP contribution is 2.22. The van der Waals surface area contributed by atoms with Crippen LogP contribution in [0.4, 0.5) is 15.8 Å². The summed E-state index contributed by atoms with van der Waals surface area (Å²) in [6, 6.07) is 11.5. The van der Waals surface area contributed by atoms with Crippen LogP contribution >= 0.6 is 0 Å². The zero-order valence-corrected chi connectivity index (χ0v) is 16.6. The van der Waals surface area contributed by atoms with Gasteiger partial charge in [-0.05, 0) is 61.7 Å². The van der Waals surface area contributed by atoms with E-state index in [1.54, 1.807) is 12.1 Å². The molecule has 5 nitrogen and oxygen atoms in total. The zero-order valence-electron chi connectivity index (χ0n) is 15.8. The molecular formula is C20H25FN2O3S. The van der Waals surface area contributed by atoms with Crippen molar-refractivity contribution >= 4 is 27.3 Å². The number of benzene rings is 2. The van der Waals surface area contributed by atoms with E-state index >= 15 is 0 Å². The standard InChI is InChI=1S/C20H25FN2O3S/c1-4-5-6-16-7-11-18(12-8-16)22-20(24)15(2)23(27(3,25)26)19-13-9-17(21)10-14-19/h7-15H,4-6H2,1-3H3,(H,22,24). The number of amides is 1. The summed E-state index contributed by atoms with van der Waals surface area (Å²) in [5.74, 6) is -0.946. The van der Waals surface area contributed by atoms with Crippen molar-refractivity contribution in [3.05, 3.63) is 59.9 Å². The molecule has 7 heteroatoms. The Morgan fingerprint density at radius 1 is 1.11 bits per heavy atom. The van der Waals surface area contributed by atoms with Gasteiger partial charge < -0.3 is 5.32 Å². The normalized spacial score (nSPS) is 12.4. The summed E-state index contributed by atoms with van der Waals surface area (Å²) in [4.78, 5) is 12.6. The number of rotatable bonds is 8. The van der Waals surface area contributed by atoms with Crippen LogP contribution < -0.4 is 9.62 Å². The van der Waals surface area contributed by atoms with Crippen LogP contribution in [-0.4, -0.2) is 26.6 Å². The first kappa shape index (κ1) is 20.9. The van der Waals surface area contributed by atoms with Gasteiger partial charge in [-0.25, -0.2) is 12.8 Å². The van der Waals surface area contributed by atoms with E-state index in [4.69, 9.17) is 0 Å². The number of aryl methyl sites for hydroxylation is 1. The van der Waals surface area contributed by atoms with E-state index in [1.807, 2.05) is 12.1 Å². The second-order valence-electron chi connectivity index (χ2n) is 6.50. The fraction of sp³-hybridized carbons (Fsp3) is 0.350. The predicted octanol–water partition coefficient (Wildman–Crippen LogP) is 3.96. The molecule has 2 rings (SSSR count). The first-order valence-corrected chi connectivity index (χ1v) is 10.7. The van der Waals surface area contributed by atoms with Crippen LogP contribution in [0, 0.1) is 5.82 Å². The fourth-order valence-corrected chi connectivity index (χ4v) is 3.95. The van der Waals surface area contributed by atoms with E-state index < -0.39 is 27.8 Å². The molecule has 0 saturated heterocycles. The molecule has 27 heavy (non-hydrogen) atoms. The number of nitrogens with one attached hydrogen (secondary N) is 1. The summed E-state index contributed by atoms with van der Waals surface area (Å²) in [6.07, 6.45) is 4.21. The van der Waals surface area contributed by atoms with Crippen molar-refractivity contribution in [3.63, 3.8) is 0 Å². The molecular weight excluding hydrogens is 367 g/mol. The summed E-state index contributed by atoms with van der Waals surface area (Å²) in [5.41, 5.74) is 2.02. The van der Waals surface area contributed by atoms with Crippen molar-refractivity contribution in [2.45, 2.75) is 39.2 Å². The molecule has 0 aliphatic rings. The number of nitrogens with zero attached hydrogens (tertiary/aromatic N) is 1. The summed E-state index contributed by atoms with van der Waals surface area (Å²) in [7, 11) is -3.73. The molecule has 0 radical (unpaired) electrons. The molecule has 2 aromatic carbocycles. The lowest BCUT2D eigenvalue weighted by molar-refractivity contribution is -0.116. The van der Waals surface area contributed by atoms with E-state index in [0.717, 1.165) is 42.0 Å². The van der Waals surface area contributed by atoms with Crippen LogP contribution in [0.2, 0.25) is 0 Å². The molecule has 146 valence electrons. The van der Waals surface area contributed by atoms with Gasteiger partial charge in [0.25, 0.3) is 0 Å². The van der Waals surface area contributed by atoms with Crippen molar-refractivity contribution < 1.29 is 17.6 Å². The van der Waals surface area contributed by atoms with Crippen LogP contribution in [0.1, 0.15) is 32.3 Å². The highest BCUT2D eigenvalue weighted by Gasteiger charge is 2.29. The molecule has 0 aromatic heterocycles. The van der Waals surface area contributed by atoms with Gasteiger partial charge in [0.15, 0.2) is 0 Å². The van der Waals surface area contributed by atoms with Crippen LogP contribution in [0.3, 0.4) is 0 Å². The molecule has 0 heterocycles. The molecule has 0 bridgehead atoms. The Hall–Kier alpha value is -2.41. The van der Waals surface area contributed by atoms with Crippen molar-refractivity contribution in [2.24, 2.45) is 0 Å². The Kier molecular flexibility index (Phi) is 6.96. The van der Waals surface area contributed by atoms with E-state index in [0.29, 0.717) is 5.69 Å². The summed E-state index contributed by atoms with van der Waals surface area (Å²) >= 11 is 0. The quantitative estimate of drug-likeness (QED) is 0.739. The van der Waals surface area contributed by atoms with Gasteiger partial charge in [0.05, 0.1) is 11.9 Å². The maximum absolute atomic E-state index is 13.2. The maximum atomic E-state index is 13.2. The SMILES string of the molecule is CCCCc1ccc(NC(=O)C(C)N(c2ccc(F)cc2)S(C)(=O)=O)cc1. The molecule has 1 unspecified atom stereocenters. The van der Waals surface area contributed by atoms with Crippen LogP contribution in [0.25, 0.3) is 0 Å². The minimum absolute atomic E-state index is 0.233. The predicted molar refractivity (Wildman–Crippen MR) is 107 cm³/mol. The van der Waals surface area contributed by atoms with Gasteiger partial charge in [-0.1, -0.05) is 25.5 Å². The highest BCUT2D eigenvalue weighted by atomic mass is 32.2. The zero-order chi connectivity index (χ0) is 20.0. The number of unbranched alkanes of at least 4 members (excludes halogenated alkanes) is 1. The second kappa shape index (κ2) is 8.99. The van der Waals surface area contributed by atoms with Gasteiger partial charge >= 0.3 is 0 Å². The molecule has 0 aliphatic heterocycles. The summed E-state index contributed by atoms with van der Waals surface area (Å²) < 4.78 is 38.6. The third kappa shape index (κ3) is 5.79. The van der Waals surface area contributed by atoms with E-state index in [-0.39, 0.29) is 5.69 Å². The average Bonchev–Trinajstić information content (AvgIpc) is 2.61. The Morgan fingerprint density at radius 3 is 2.22 bits per heavy atom. The van der Waals surface area contributed by atoms with E-state index in [1.165, 1.54) is 24.6 Å². The number of carbonyl (C=O) groups excluding carboxylic acids is 1. The molecule has 0 aliphatic carbocycles. The number of halogens is 1. The number of sulfonamides is 1. The van der Waals surface area contributed by atoms with Gasteiger partial charge in [-0.2, -0.15) is 0 Å². The van der Waals surface area contributed by atoms with Crippen LogP contribution in [0.5, 0.6) is 0 Å². The minimum Gasteiger partial charge on any atom is -0.324 e. The average molecular weight is 392 g/mol. The Labute approximate surface area is 160 Å². The van der Waals surface area contributed by atoms with E-state index in [9.17, 15) is 17.6 Å². The Bertz CT molecular complexity index is 865. The van der Waals surface area contributed by atoms with Crippen molar-refractivity contribution in [1.82, 2.24) is 0 Å². The Balaban J connectivity index is 2.16. The molecule has 2 aromatic rings. The van der Waals surface area contributed by atoms with Crippen LogP contribution in [-0.2, 0) is 21.2 Å². The lowest BCUT2D eigenvalue weighted by Crippen LogP contribution is -2.45. The van der Waals surface area contributed by atoms with Crippen molar-refractivity contribution in [1.29, 1.82) is 0 Å². The number of hydrogen-bond donors (Lipinski definition) is 1. The molecule has 1 amide bonds. The molecule has 0 fully saturated rings. The molecule has 1 atom stereocenters. The highest BCUT2D eigenvalue weighted by molar-refractivity contribution is 7.92.